The number of hydrogen-bond acceptors (Lipinski definition) is 4. The van der Waals surface area contributed by atoms with Gasteiger partial charge >= 0.3 is 6.18 Å². The molecule has 0 saturated heterocycles. The zero-order chi connectivity index (χ0) is 24.5. The van der Waals surface area contributed by atoms with Gasteiger partial charge in [0.25, 0.3) is 0 Å². The number of Topliss-reactive ketones (excluding diaryl/α,β-unsaturated/α-hetero) is 1. The SMILES string of the molecule is Cc1cc(-n2ncc(CC(=O)[C@H](CCO)n3cc(C(F)(F)F)nc3C)c2C(C)C)ccc1Cl. The summed E-state index contributed by atoms with van der Waals surface area (Å²) in [5.41, 5.74) is 2.12. The van der Waals surface area contributed by atoms with Crippen molar-refractivity contribution in [3.05, 3.63) is 64.0 Å². The molecule has 0 fully saturated rings. The maximum Gasteiger partial charge on any atom is 0.434 e. The fourth-order valence-electron chi connectivity index (χ4n) is 3.93. The summed E-state index contributed by atoms with van der Waals surface area (Å²) in [6, 6.07) is 4.54. The Bertz CT molecular complexity index is 1150. The van der Waals surface area contributed by atoms with Crippen LogP contribution in [0.5, 0.6) is 0 Å². The average molecular weight is 483 g/mol. The highest BCUT2D eigenvalue weighted by molar-refractivity contribution is 6.31. The van der Waals surface area contributed by atoms with Crippen molar-refractivity contribution >= 4 is 17.4 Å². The Kier molecular flexibility index (Phi) is 7.33. The van der Waals surface area contributed by atoms with Crippen molar-refractivity contribution in [1.29, 1.82) is 0 Å². The number of rotatable bonds is 8. The Morgan fingerprint density at radius 3 is 2.48 bits per heavy atom. The van der Waals surface area contributed by atoms with Crippen molar-refractivity contribution in [3.8, 4) is 5.69 Å². The van der Waals surface area contributed by atoms with E-state index in [9.17, 15) is 23.1 Å². The zero-order valence-corrected chi connectivity index (χ0v) is 19.6. The second-order valence-corrected chi connectivity index (χ2v) is 8.71. The van der Waals surface area contributed by atoms with Crippen LogP contribution in [0.4, 0.5) is 13.2 Å². The lowest BCUT2D eigenvalue weighted by atomic mass is 9.97. The molecule has 2 aromatic heterocycles. The highest BCUT2D eigenvalue weighted by atomic mass is 35.5. The summed E-state index contributed by atoms with van der Waals surface area (Å²) in [6.07, 6.45) is -2.24. The van der Waals surface area contributed by atoms with Gasteiger partial charge in [-0.25, -0.2) is 9.67 Å². The minimum Gasteiger partial charge on any atom is -0.396 e. The number of aryl methyl sites for hydroxylation is 2. The molecular weight excluding hydrogens is 457 g/mol. The fraction of sp³-hybridized carbons (Fsp3) is 0.435. The third-order valence-corrected chi connectivity index (χ3v) is 5.93. The van der Waals surface area contributed by atoms with Gasteiger partial charge in [-0.1, -0.05) is 25.4 Å². The van der Waals surface area contributed by atoms with E-state index < -0.39 is 17.9 Å². The van der Waals surface area contributed by atoms with Gasteiger partial charge in [-0.15, -0.1) is 0 Å². The second kappa shape index (κ2) is 9.69. The standard InChI is InChI=1S/C23H26ClF3N4O2/c1-13(2)22-16(11-28-31(22)17-5-6-18(24)14(3)9-17)10-20(33)19(7-8-32)30-12-21(23(25,26)27)29-15(30)4/h5-6,9,11-13,19,32H,7-8,10H2,1-4H3/t19-/m0/s1. The number of ketones is 1. The zero-order valence-electron chi connectivity index (χ0n) is 18.8. The first kappa shape index (κ1) is 25.0. The summed E-state index contributed by atoms with van der Waals surface area (Å²) in [7, 11) is 0. The number of carbonyl (C=O) groups excluding carboxylic acids is 1. The van der Waals surface area contributed by atoms with Crippen molar-refractivity contribution in [2.75, 3.05) is 6.61 Å². The van der Waals surface area contributed by atoms with Gasteiger partial charge in [0, 0.05) is 29.8 Å². The molecule has 0 aliphatic carbocycles. The third kappa shape index (κ3) is 5.30. The Balaban J connectivity index is 1.96. The summed E-state index contributed by atoms with van der Waals surface area (Å²) in [4.78, 5) is 16.8. The Labute approximate surface area is 195 Å². The van der Waals surface area contributed by atoms with E-state index in [0.717, 1.165) is 23.1 Å². The molecule has 0 amide bonds. The summed E-state index contributed by atoms with van der Waals surface area (Å²) >= 11 is 6.14. The van der Waals surface area contributed by atoms with Crippen molar-refractivity contribution in [2.45, 2.75) is 58.7 Å². The average Bonchev–Trinajstić information content (AvgIpc) is 3.32. The fourth-order valence-corrected chi connectivity index (χ4v) is 4.05. The molecule has 3 rings (SSSR count). The molecule has 3 aromatic rings. The molecule has 0 aliphatic heterocycles. The number of carbonyl (C=O) groups is 1. The number of aliphatic hydroxyl groups is 1. The smallest absolute Gasteiger partial charge is 0.396 e. The van der Waals surface area contributed by atoms with E-state index in [-0.39, 0.29) is 37.0 Å². The Morgan fingerprint density at radius 1 is 1.24 bits per heavy atom. The van der Waals surface area contributed by atoms with Gasteiger partial charge < -0.3 is 9.67 Å². The van der Waals surface area contributed by atoms with Gasteiger partial charge in [0.15, 0.2) is 11.5 Å². The van der Waals surface area contributed by atoms with Crippen LogP contribution in [0, 0.1) is 13.8 Å². The van der Waals surface area contributed by atoms with E-state index >= 15 is 0 Å². The first-order valence-corrected chi connectivity index (χ1v) is 10.9. The van der Waals surface area contributed by atoms with Crippen molar-refractivity contribution in [1.82, 2.24) is 19.3 Å². The number of aromatic nitrogens is 4. The molecule has 0 saturated carbocycles. The van der Waals surface area contributed by atoms with Crippen molar-refractivity contribution in [2.24, 2.45) is 0 Å². The van der Waals surface area contributed by atoms with Crippen LogP contribution in [0.2, 0.25) is 5.02 Å². The van der Waals surface area contributed by atoms with Crippen LogP contribution < -0.4 is 0 Å². The summed E-state index contributed by atoms with van der Waals surface area (Å²) in [5.74, 6) is -0.244. The number of benzene rings is 1. The molecule has 1 atom stereocenters. The van der Waals surface area contributed by atoms with Gasteiger partial charge in [0.1, 0.15) is 5.82 Å². The lowest BCUT2D eigenvalue weighted by Crippen LogP contribution is -2.23. The first-order valence-electron chi connectivity index (χ1n) is 10.5. The topological polar surface area (TPSA) is 72.9 Å². The molecule has 0 unspecified atom stereocenters. The van der Waals surface area contributed by atoms with E-state index in [1.165, 1.54) is 11.5 Å². The highest BCUT2D eigenvalue weighted by Crippen LogP contribution is 2.31. The molecule has 1 aromatic carbocycles. The molecule has 1 N–H and O–H groups in total. The Morgan fingerprint density at radius 2 is 1.94 bits per heavy atom. The monoisotopic (exact) mass is 482 g/mol. The Hall–Kier alpha value is -2.65. The van der Waals surface area contributed by atoms with Crippen molar-refractivity contribution < 1.29 is 23.1 Å². The maximum atomic E-state index is 13.2. The molecule has 178 valence electrons. The molecule has 10 heteroatoms. The second-order valence-electron chi connectivity index (χ2n) is 8.30. The summed E-state index contributed by atoms with van der Waals surface area (Å²) < 4.78 is 42.3. The van der Waals surface area contributed by atoms with Crippen LogP contribution in [-0.2, 0) is 17.4 Å². The predicted molar refractivity (Wildman–Crippen MR) is 119 cm³/mol. The number of hydrogen-bond donors (Lipinski definition) is 1. The van der Waals surface area contributed by atoms with Crippen LogP contribution in [0.1, 0.15) is 60.6 Å². The molecular formula is C23H26ClF3N4O2. The first-order chi connectivity index (χ1) is 15.4. The summed E-state index contributed by atoms with van der Waals surface area (Å²) in [5, 5.41) is 14.6. The van der Waals surface area contributed by atoms with Crippen LogP contribution in [0.15, 0.2) is 30.6 Å². The van der Waals surface area contributed by atoms with Gasteiger partial charge in [0.2, 0.25) is 0 Å². The van der Waals surface area contributed by atoms with Crippen LogP contribution in [-0.4, -0.2) is 36.8 Å². The predicted octanol–water partition coefficient (Wildman–Crippen LogP) is 5.22. The molecule has 0 spiro atoms. The molecule has 33 heavy (non-hydrogen) atoms. The maximum absolute atomic E-state index is 13.2. The third-order valence-electron chi connectivity index (χ3n) is 5.50. The number of nitrogens with zero attached hydrogens (tertiary/aromatic N) is 4. The molecule has 0 radical (unpaired) electrons. The lowest BCUT2D eigenvalue weighted by molar-refractivity contribution is -0.141. The molecule has 0 aliphatic rings. The van der Waals surface area contributed by atoms with Crippen LogP contribution in [0.25, 0.3) is 5.69 Å². The van der Waals surface area contributed by atoms with Gasteiger partial charge in [-0.05, 0) is 49.9 Å². The normalized spacial score (nSPS) is 13.0. The number of aliphatic hydroxyl groups excluding tert-OH is 1. The molecule has 0 bridgehead atoms. The van der Waals surface area contributed by atoms with E-state index in [4.69, 9.17) is 11.6 Å². The lowest BCUT2D eigenvalue weighted by Gasteiger charge is -2.19. The van der Waals surface area contributed by atoms with Crippen LogP contribution in [0.3, 0.4) is 0 Å². The minimum atomic E-state index is -4.62. The number of halogens is 4. The summed E-state index contributed by atoms with van der Waals surface area (Å²) in [6.45, 7) is 6.90. The van der Waals surface area contributed by atoms with E-state index in [0.29, 0.717) is 10.6 Å². The molecule has 6 nitrogen and oxygen atoms in total. The number of imidazole rings is 1. The van der Waals surface area contributed by atoms with Gasteiger partial charge in [0.05, 0.1) is 23.6 Å². The molecule has 2 heterocycles. The van der Waals surface area contributed by atoms with Gasteiger partial charge in [-0.3, -0.25) is 4.79 Å². The van der Waals surface area contributed by atoms with Gasteiger partial charge in [-0.2, -0.15) is 18.3 Å². The van der Waals surface area contributed by atoms with Crippen molar-refractivity contribution in [3.63, 3.8) is 0 Å². The largest absolute Gasteiger partial charge is 0.434 e. The minimum absolute atomic E-state index is 0.0190. The number of alkyl halides is 3. The highest BCUT2D eigenvalue weighted by Gasteiger charge is 2.36. The van der Waals surface area contributed by atoms with E-state index in [1.807, 2.05) is 32.9 Å². The van der Waals surface area contributed by atoms with E-state index in [1.54, 1.807) is 16.9 Å². The quantitative estimate of drug-likeness (QED) is 0.478. The van der Waals surface area contributed by atoms with E-state index in [2.05, 4.69) is 10.1 Å². The van der Waals surface area contributed by atoms with Crippen LogP contribution >= 0.6 is 11.6 Å².